The molecule has 0 aromatic carbocycles. The van der Waals surface area contributed by atoms with E-state index in [1.54, 1.807) is 0 Å². The van der Waals surface area contributed by atoms with Crippen molar-refractivity contribution in [2.45, 2.75) is 58.4 Å². The van der Waals surface area contributed by atoms with Crippen LogP contribution in [0.1, 0.15) is 41.5 Å². The smallest absolute Gasteiger partial charge is 0.215 e. The summed E-state index contributed by atoms with van der Waals surface area (Å²) in [7, 11) is 0. The van der Waals surface area contributed by atoms with Gasteiger partial charge in [0.25, 0.3) is 0 Å². The zero-order valence-corrected chi connectivity index (χ0v) is 11.2. The molecule has 0 aliphatic rings. The van der Waals surface area contributed by atoms with E-state index in [-0.39, 0.29) is 16.4 Å². The minimum absolute atomic E-state index is 0.00602. The highest BCUT2D eigenvalue weighted by Crippen LogP contribution is 2.25. The summed E-state index contributed by atoms with van der Waals surface area (Å²) in [5.41, 5.74) is 4.14. The number of nitrogens with one attached hydrogen (secondary N) is 1. The number of amidine groups is 1. The molecule has 0 saturated carbocycles. The first kappa shape index (κ1) is 14.7. The van der Waals surface area contributed by atoms with Crippen molar-refractivity contribution >= 4 is 16.9 Å². The molecule has 0 aromatic rings. The molecule has 0 saturated heterocycles. The Hall–Kier alpha value is -0.260. The molecule has 0 heterocycles. The minimum atomic E-state index is -0.539. The van der Waals surface area contributed by atoms with Gasteiger partial charge in [0.1, 0.15) is 0 Å². The molecule has 0 aliphatic carbocycles. The van der Waals surface area contributed by atoms with Gasteiger partial charge in [0.15, 0.2) is 5.17 Å². The molecule has 0 fully saturated rings. The van der Waals surface area contributed by atoms with E-state index in [0.29, 0.717) is 0 Å². The van der Waals surface area contributed by atoms with Crippen LogP contribution >= 0.6 is 11.8 Å². The largest absolute Gasteiger partial charge is 0.379 e. The molecule has 15 heavy (non-hydrogen) atoms. The minimum Gasteiger partial charge on any atom is -0.379 e. The van der Waals surface area contributed by atoms with E-state index < -0.39 is 5.62 Å². The van der Waals surface area contributed by atoms with Crippen molar-refractivity contribution in [3.05, 3.63) is 0 Å². The van der Waals surface area contributed by atoms with E-state index >= 15 is 0 Å². The van der Waals surface area contributed by atoms with E-state index in [4.69, 9.17) is 20.6 Å². The quantitative estimate of drug-likeness (QED) is 0.447. The van der Waals surface area contributed by atoms with Gasteiger partial charge in [0.05, 0.1) is 11.2 Å². The van der Waals surface area contributed by atoms with Gasteiger partial charge in [-0.25, -0.2) is 0 Å². The summed E-state index contributed by atoms with van der Waals surface area (Å²) < 4.78 is 11.3. The molecule has 90 valence electrons. The Bertz CT molecular complexity index is 202. The fourth-order valence-electron chi connectivity index (χ4n) is 0.753. The average molecular weight is 234 g/mol. The second-order valence-electron chi connectivity index (χ2n) is 5.23. The summed E-state index contributed by atoms with van der Waals surface area (Å²) in [5, 5.41) is 7.22. The van der Waals surface area contributed by atoms with E-state index in [1.807, 2.05) is 41.5 Å². The lowest BCUT2D eigenvalue weighted by atomic mass is 10.2. The Morgan fingerprint density at radius 1 is 1.07 bits per heavy atom. The van der Waals surface area contributed by atoms with Gasteiger partial charge < -0.3 is 15.2 Å². The first-order chi connectivity index (χ1) is 6.49. The van der Waals surface area contributed by atoms with Gasteiger partial charge in [-0.3, -0.25) is 5.41 Å². The monoisotopic (exact) mass is 234 g/mol. The third-order valence-electron chi connectivity index (χ3n) is 1.12. The van der Waals surface area contributed by atoms with E-state index in [2.05, 4.69) is 0 Å². The topological polar surface area (TPSA) is 68.3 Å². The van der Waals surface area contributed by atoms with Crippen LogP contribution in [-0.4, -0.2) is 22.0 Å². The summed E-state index contributed by atoms with van der Waals surface area (Å²) in [5.74, 6) is 0. The van der Waals surface area contributed by atoms with Crippen molar-refractivity contribution in [1.29, 1.82) is 5.41 Å². The third kappa shape index (κ3) is 10.0. The van der Waals surface area contributed by atoms with Crippen LogP contribution in [0.15, 0.2) is 0 Å². The average Bonchev–Trinajstić information content (AvgIpc) is 1.73. The van der Waals surface area contributed by atoms with Crippen molar-refractivity contribution in [3.63, 3.8) is 0 Å². The molecule has 0 aromatic heterocycles. The van der Waals surface area contributed by atoms with Crippen LogP contribution in [0.3, 0.4) is 0 Å². The van der Waals surface area contributed by atoms with Gasteiger partial charge >= 0.3 is 0 Å². The maximum Gasteiger partial charge on any atom is 0.215 e. The Balaban J connectivity index is 4.39. The molecule has 0 rings (SSSR count). The zero-order valence-electron chi connectivity index (χ0n) is 10.4. The number of nitrogens with two attached hydrogens (primary N) is 1. The molecule has 0 unspecified atom stereocenters. The lowest BCUT2D eigenvalue weighted by molar-refractivity contribution is -0.186. The van der Waals surface area contributed by atoms with Gasteiger partial charge in [-0.05, 0) is 53.3 Å². The second kappa shape index (κ2) is 5.18. The van der Waals surface area contributed by atoms with Crippen LogP contribution in [-0.2, 0) is 9.47 Å². The zero-order chi connectivity index (χ0) is 12.3. The van der Waals surface area contributed by atoms with Crippen LogP contribution < -0.4 is 5.73 Å². The van der Waals surface area contributed by atoms with Crippen LogP contribution in [0.2, 0.25) is 0 Å². The lowest BCUT2D eigenvalue weighted by Crippen LogP contribution is -2.34. The van der Waals surface area contributed by atoms with Gasteiger partial charge in [0.2, 0.25) is 5.62 Å². The summed E-state index contributed by atoms with van der Waals surface area (Å²) in [6.07, 6.45) is 0. The van der Waals surface area contributed by atoms with E-state index in [9.17, 15) is 0 Å². The molecule has 0 spiro atoms. The Kier molecular flexibility index (Phi) is 5.09. The Morgan fingerprint density at radius 2 is 1.40 bits per heavy atom. The summed E-state index contributed by atoms with van der Waals surface area (Å²) in [4.78, 5) is 0. The van der Waals surface area contributed by atoms with E-state index in [1.165, 1.54) is 0 Å². The fourth-order valence-corrected chi connectivity index (χ4v) is 1.63. The summed E-state index contributed by atoms with van der Waals surface area (Å²) >= 11 is 1.07. The summed E-state index contributed by atoms with van der Waals surface area (Å²) in [6.45, 7) is 11.6. The Labute approximate surface area is 96.4 Å². The number of ether oxygens (including phenoxy) is 2. The van der Waals surface area contributed by atoms with Crippen molar-refractivity contribution in [1.82, 2.24) is 0 Å². The molecule has 0 aliphatic heterocycles. The van der Waals surface area contributed by atoms with E-state index in [0.717, 1.165) is 11.8 Å². The molecule has 0 amide bonds. The first-order valence-corrected chi connectivity index (χ1v) is 5.74. The molecule has 4 nitrogen and oxygen atoms in total. The summed E-state index contributed by atoms with van der Waals surface area (Å²) in [6, 6.07) is 0. The molecule has 0 atom stereocenters. The van der Waals surface area contributed by atoms with Crippen molar-refractivity contribution in [2.24, 2.45) is 5.73 Å². The van der Waals surface area contributed by atoms with Gasteiger partial charge in [0, 0.05) is 0 Å². The molecule has 0 bridgehead atoms. The number of hydrogen-bond donors (Lipinski definition) is 2. The number of rotatable bonds is 3. The van der Waals surface area contributed by atoms with Gasteiger partial charge in [-0.1, -0.05) is 0 Å². The third-order valence-corrected chi connectivity index (χ3v) is 1.76. The molecule has 0 radical (unpaired) electrons. The van der Waals surface area contributed by atoms with Crippen LogP contribution in [0.5, 0.6) is 0 Å². The normalized spacial score (nSPS) is 13.3. The Morgan fingerprint density at radius 3 is 1.60 bits per heavy atom. The van der Waals surface area contributed by atoms with Crippen molar-refractivity contribution < 1.29 is 9.47 Å². The molecule has 3 N–H and O–H groups in total. The lowest BCUT2D eigenvalue weighted by Gasteiger charge is -2.31. The second-order valence-corrected chi connectivity index (χ2v) is 6.29. The van der Waals surface area contributed by atoms with Crippen LogP contribution in [0.25, 0.3) is 0 Å². The van der Waals surface area contributed by atoms with Crippen molar-refractivity contribution in [3.8, 4) is 0 Å². The predicted molar refractivity (Wildman–Crippen MR) is 65.0 cm³/mol. The highest BCUT2D eigenvalue weighted by atomic mass is 32.2. The standard InChI is InChI=1S/C10H22N2O2S/c1-9(2,3)13-8(15-7(11)12)14-10(4,5)6/h8H,1-6H3,(H3,11,12). The maximum absolute atomic E-state index is 7.22. The molecular weight excluding hydrogens is 212 g/mol. The van der Waals surface area contributed by atoms with Crippen LogP contribution in [0.4, 0.5) is 0 Å². The molecular formula is C10H22N2O2S. The van der Waals surface area contributed by atoms with Gasteiger partial charge in [-0.15, -0.1) is 0 Å². The van der Waals surface area contributed by atoms with Crippen LogP contribution in [0, 0.1) is 5.41 Å². The van der Waals surface area contributed by atoms with Crippen molar-refractivity contribution in [2.75, 3.05) is 0 Å². The molecule has 5 heteroatoms. The predicted octanol–water partition coefficient (Wildman–Crippen LogP) is 2.53. The number of thioether (sulfide) groups is 1. The maximum atomic E-state index is 7.22. The highest BCUT2D eigenvalue weighted by Gasteiger charge is 2.25. The highest BCUT2D eigenvalue weighted by molar-refractivity contribution is 8.13. The van der Waals surface area contributed by atoms with Gasteiger partial charge in [-0.2, -0.15) is 0 Å². The SMILES string of the molecule is CC(C)(C)OC(OC(C)(C)C)SC(=N)N. The number of hydrogen-bond acceptors (Lipinski definition) is 4. The fraction of sp³-hybridized carbons (Fsp3) is 0.900. The first-order valence-electron chi connectivity index (χ1n) is 4.86.